The largest absolute Gasteiger partial charge is 0.367 e. The maximum atomic E-state index is 4.42. The van der Waals surface area contributed by atoms with Gasteiger partial charge in [-0.05, 0) is 25.2 Å². The molecule has 1 atom stereocenters. The monoisotopic (exact) mass is 488 g/mol. The summed E-state index contributed by atoms with van der Waals surface area (Å²) < 4.78 is 1.87. The highest BCUT2D eigenvalue weighted by atomic mass is 127. The van der Waals surface area contributed by atoms with E-state index in [1.807, 2.05) is 25.0 Å². The number of nitrogens with zero attached hydrogens (tertiary/aromatic N) is 4. The van der Waals surface area contributed by atoms with Gasteiger partial charge in [0.1, 0.15) is 0 Å². The number of unbranched alkanes of at least 4 members (excludes halogenated alkanes) is 1. The number of hydrogen-bond donors (Lipinski definition) is 2. The number of guanidine groups is 1. The number of nitrogens with one attached hydrogen (secondary N) is 2. The molecule has 1 saturated carbocycles. The van der Waals surface area contributed by atoms with Crippen LogP contribution < -0.4 is 15.5 Å². The zero-order valence-electron chi connectivity index (χ0n) is 17.0. The Kier molecular flexibility index (Phi) is 9.72. The van der Waals surface area contributed by atoms with Gasteiger partial charge in [0.25, 0.3) is 0 Å². The van der Waals surface area contributed by atoms with E-state index < -0.39 is 0 Å². The molecule has 0 amide bonds. The Morgan fingerprint density at radius 2 is 2.04 bits per heavy atom. The minimum Gasteiger partial charge on any atom is -0.367 e. The SMILES string of the molecule is CN=C(NCCCCC1CCCC1)NC1CCCN(c2cnn(C)c2)C1.I. The number of aliphatic imine (C=N–C) groups is 1. The third-order valence-corrected chi connectivity index (χ3v) is 5.85. The molecule has 1 saturated heterocycles. The Morgan fingerprint density at radius 1 is 1.22 bits per heavy atom. The summed E-state index contributed by atoms with van der Waals surface area (Å²) in [7, 11) is 3.84. The molecule has 1 unspecified atom stereocenters. The Bertz CT molecular complexity index is 567. The van der Waals surface area contributed by atoms with Crippen molar-refractivity contribution in [2.45, 2.75) is 63.8 Å². The first kappa shape index (κ1) is 22.3. The van der Waals surface area contributed by atoms with E-state index in [-0.39, 0.29) is 24.0 Å². The summed E-state index contributed by atoms with van der Waals surface area (Å²) in [6.45, 7) is 3.14. The summed E-state index contributed by atoms with van der Waals surface area (Å²) in [6.07, 6.45) is 16.3. The van der Waals surface area contributed by atoms with Gasteiger partial charge in [-0.15, -0.1) is 24.0 Å². The summed E-state index contributed by atoms with van der Waals surface area (Å²) in [5.41, 5.74) is 1.22. The van der Waals surface area contributed by atoms with Crippen LogP contribution in [0.25, 0.3) is 0 Å². The molecule has 2 fully saturated rings. The fourth-order valence-electron chi connectivity index (χ4n) is 4.35. The first-order valence-electron chi connectivity index (χ1n) is 10.5. The first-order chi connectivity index (χ1) is 12.7. The maximum Gasteiger partial charge on any atom is 0.191 e. The first-order valence-corrected chi connectivity index (χ1v) is 10.5. The fourth-order valence-corrected chi connectivity index (χ4v) is 4.35. The van der Waals surface area contributed by atoms with Gasteiger partial charge in [0.2, 0.25) is 0 Å². The van der Waals surface area contributed by atoms with Crippen LogP contribution in [0.4, 0.5) is 5.69 Å². The lowest BCUT2D eigenvalue weighted by molar-refractivity contribution is 0.462. The van der Waals surface area contributed by atoms with Gasteiger partial charge in [0, 0.05) is 46.0 Å². The maximum absolute atomic E-state index is 4.42. The average molecular weight is 488 g/mol. The van der Waals surface area contributed by atoms with Crippen LogP contribution in [-0.4, -0.2) is 48.5 Å². The lowest BCUT2D eigenvalue weighted by atomic mass is 10.0. The summed E-state index contributed by atoms with van der Waals surface area (Å²) in [5, 5.41) is 11.4. The topological polar surface area (TPSA) is 57.5 Å². The minimum atomic E-state index is 0. The zero-order chi connectivity index (χ0) is 18.2. The standard InChI is InChI=1S/C20H36N6.HI/c1-21-20(22-12-6-5-10-17-8-3-4-9-17)24-18-11-7-13-26(15-18)19-14-23-25(2)16-19;/h14,16-18H,3-13,15H2,1-2H3,(H2,21,22,24);1H. The number of rotatable bonds is 7. The summed E-state index contributed by atoms with van der Waals surface area (Å²) in [4.78, 5) is 6.84. The number of piperidine rings is 1. The van der Waals surface area contributed by atoms with E-state index in [4.69, 9.17) is 0 Å². The van der Waals surface area contributed by atoms with Crippen molar-refractivity contribution in [2.24, 2.45) is 18.0 Å². The summed E-state index contributed by atoms with van der Waals surface area (Å²) in [5.74, 6) is 1.96. The van der Waals surface area contributed by atoms with Crippen LogP contribution in [0, 0.1) is 5.92 Å². The lowest BCUT2D eigenvalue weighted by Crippen LogP contribution is -2.51. The number of halogens is 1. The highest BCUT2D eigenvalue weighted by Gasteiger charge is 2.21. The van der Waals surface area contributed by atoms with E-state index in [0.717, 1.165) is 31.5 Å². The Morgan fingerprint density at radius 3 is 2.74 bits per heavy atom. The molecular formula is C20H37IN6. The van der Waals surface area contributed by atoms with Crippen LogP contribution in [0.5, 0.6) is 0 Å². The van der Waals surface area contributed by atoms with Crippen molar-refractivity contribution in [3.8, 4) is 0 Å². The van der Waals surface area contributed by atoms with Crippen molar-refractivity contribution in [1.29, 1.82) is 0 Å². The van der Waals surface area contributed by atoms with Gasteiger partial charge in [0.05, 0.1) is 11.9 Å². The molecular weight excluding hydrogens is 451 g/mol. The van der Waals surface area contributed by atoms with Crippen molar-refractivity contribution in [1.82, 2.24) is 20.4 Å². The zero-order valence-corrected chi connectivity index (χ0v) is 19.3. The highest BCUT2D eigenvalue weighted by molar-refractivity contribution is 14.0. The van der Waals surface area contributed by atoms with Crippen molar-refractivity contribution in [2.75, 3.05) is 31.6 Å². The molecule has 1 aromatic rings. The van der Waals surface area contributed by atoms with Crippen LogP contribution in [0.15, 0.2) is 17.4 Å². The van der Waals surface area contributed by atoms with E-state index in [1.165, 1.54) is 63.5 Å². The van der Waals surface area contributed by atoms with Crippen LogP contribution in [0.3, 0.4) is 0 Å². The van der Waals surface area contributed by atoms with E-state index in [0.29, 0.717) is 6.04 Å². The Hall–Kier alpha value is -0.990. The average Bonchev–Trinajstić information content (AvgIpc) is 3.32. The number of aromatic nitrogens is 2. The molecule has 6 nitrogen and oxygen atoms in total. The van der Waals surface area contributed by atoms with Gasteiger partial charge >= 0.3 is 0 Å². The Labute approximate surface area is 181 Å². The van der Waals surface area contributed by atoms with Crippen LogP contribution in [-0.2, 0) is 7.05 Å². The molecule has 1 aromatic heterocycles. The van der Waals surface area contributed by atoms with E-state index >= 15 is 0 Å². The summed E-state index contributed by atoms with van der Waals surface area (Å²) in [6, 6.07) is 0.439. The third-order valence-electron chi connectivity index (χ3n) is 5.85. The second kappa shape index (κ2) is 11.8. The number of hydrogen-bond acceptors (Lipinski definition) is 3. The quantitative estimate of drug-likeness (QED) is 0.267. The van der Waals surface area contributed by atoms with Gasteiger partial charge < -0.3 is 15.5 Å². The summed E-state index contributed by atoms with van der Waals surface area (Å²) >= 11 is 0. The third kappa shape index (κ3) is 7.16. The van der Waals surface area contributed by atoms with Gasteiger partial charge in [-0.2, -0.15) is 5.10 Å². The van der Waals surface area contributed by atoms with Gasteiger partial charge in [0.15, 0.2) is 5.96 Å². The molecule has 1 aliphatic carbocycles. The van der Waals surface area contributed by atoms with E-state index in [9.17, 15) is 0 Å². The molecule has 2 aliphatic rings. The van der Waals surface area contributed by atoms with Crippen molar-refractivity contribution < 1.29 is 0 Å². The van der Waals surface area contributed by atoms with Crippen molar-refractivity contribution in [3.05, 3.63) is 12.4 Å². The smallest absolute Gasteiger partial charge is 0.191 e. The fraction of sp³-hybridized carbons (Fsp3) is 0.800. The van der Waals surface area contributed by atoms with Crippen LogP contribution in [0.1, 0.15) is 57.8 Å². The molecule has 3 rings (SSSR count). The van der Waals surface area contributed by atoms with E-state index in [1.54, 1.807) is 0 Å². The lowest BCUT2D eigenvalue weighted by Gasteiger charge is -2.34. The molecule has 2 heterocycles. The second-order valence-electron chi connectivity index (χ2n) is 7.95. The van der Waals surface area contributed by atoms with Crippen molar-refractivity contribution in [3.63, 3.8) is 0 Å². The molecule has 0 radical (unpaired) electrons. The molecule has 1 aliphatic heterocycles. The molecule has 27 heavy (non-hydrogen) atoms. The van der Waals surface area contributed by atoms with Gasteiger partial charge in [-0.3, -0.25) is 9.67 Å². The minimum absolute atomic E-state index is 0. The van der Waals surface area contributed by atoms with Gasteiger partial charge in [-0.1, -0.05) is 38.5 Å². The van der Waals surface area contributed by atoms with Crippen molar-refractivity contribution >= 4 is 35.6 Å². The molecule has 0 aromatic carbocycles. The molecule has 0 spiro atoms. The predicted octanol–water partition coefficient (Wildman–Crippen LogP) is 3.53. The molecule has 0 bridgehead atoms. The number of anilines is 1. The molecule has 7 heteroatoms. The predicted molar refractivity (Wildman–Crippen MR) is 124 cm³/mol. The normalized spacial score (nSPS) is 21.2. The second-order valence-corrected chi connectivity index (χ2v) is 7.95. The highest BCUT2D eigenvalue weighted by Crippen LogP contribution is 2.28. The van der Waals surface area contributed by atoms with Crippen LogP contribution in [0.2, 0.25) is 0 Å². The van der Waals surface area contributed by atoms with E-state index in [2.05, 4.69) is 31.8 Å². The van der Waals surface area contributed by atoms with Crippen LogP contribution >= 0.6 is 24.0 Å². The van der Waals surface area contributed by atoms with Gasteiger partial charge in [-0.25, -0.2) is 0 Å². The number of aryl methyl sites for hydroxylation is 1. The molecule has 154 valence electrons. The Balaban J connectivity index is 0.00000261. The molecule has 2 N–H and O–H groups in total.